The highest BCUT2D eigenvalue weighted by molar-refractivity contribution is 5.94. The molecule has 1 rings (SSSR count). The quantitative estimate of drug-likeness (QED) is 0.642. The van der Waals surface area contributed by atoms with Crippen LogP contribution in [0.2, 0.25) is 0 Å². The molecule has 4 nitrogen and oxygen atoms in total. The molecule has 0 saturated heterocycles. The Hall–Kier alpha value is -2.12. The maximum atomic E-state index is 13.6. The Labute approximate surface area is 111 Å². The average molecular weight is 292 g/mol. The zero-order valence-electron chi connectivity index (χ0n) is 10.3. The molecule has 0 aliphatic rings. The van der Waals surface area contributed by atoms with Crippen LogP contribution in [0, 0.1) is 5.82 Å². The van der Waals surface area contributed by atoms with Gasteiger partial charge in [-0.2, -0.15) is 13.2 Å². The summed E-state index contributed by atoms with van der Waals surface area (Å²) in [4.78, 5) is 22.0. The van der Waals surface area contributed by atoms with Gasteiger partial charge in [0.05, 0.1) is 11.1 Å². The monoisotopic (exact) mass is 292 g/mol. The molecule has 8 heteroatoms. The molecule has 20 heavy (non-hydrogen) atoms. The van der Waals surface area contributed by atoms with E-state index in [0.717, 1.165) is 12.1 Å². The van der Waals surface area contributed by atoms with Gasteiger partial charge in [0.1, 0.15) is 5.82 Å². The molecule has 0 atom stereocenters. The Bertz CT molecular complexity index is 515. The second-order valence-corrected chi connectivity index (χ2v) is 3.99. The molecule has 0 unspecified atom stereocenters. The van der Waals surface area contributed by atoms with Crippen LogP contribution in [0.5, 0.6) is 0 Å². The third-order valence-corrected chi connectivity index (χ3v) is 2.43. The van der Waals surface area contributed by atoms with Gasteiger partial charge in [0, 0.05) is 13.0 Å². The van der Waals surface area contributed by atoms with Gasteiger partial charge in [-0.3, -0.25) is 9.59 Å². The summed E-state index contributed by atoms with van der Waals surface area (Å²) in [5.41, 5.74) is 2.68. The van der Waals surface area contributed by atoms with Crippen molar-refractivity contribution < 1.29 is 27.2 Å². The maximum absolute atomic E-state index is 13.6. The van der Waals surface area contributed by atoms with E-state index in [1.54, 1.807) is 0 Å². The van der Waals surface area contributed by atoms with E-state index in [2.05, 4.69) is 5.32 Å². The maximum Gasteiger partial charge on any atom is 0.419 e. The van der Waals surface area contributed by atoms with Crippen LogP contribution in [0.25, 0.3) is 0 Å². The molecule has 1 aromatic rings. The highest BCUT2D eigenvalue weighted by Crippen LogP contribution is 2.32. The number of carbonyl (C=O) groups excluding carboxylic acids is 2. The van der Waals surface area contributed by atoms with Crippen molar-refractivity contribution in [3.8, 4) is 0 Å². The lowest BCUT2D eigenvalue weighted by Crippen LogP contribution is -2.27. The fourth-order valence-electron chi connectivity index (χ4n) is 1.49. The van der Waals surface area contributed by atoms with Crippen LogP contribution in [-0.2, 0) is 11.0 Å². The second kappa shape index (κ2) is 6.36. The van der Waals surface area contributed by atoms with E-state index >= 15 is 0 Å². The SMILES string of the molecule is NC(=O)CCCNC(=O)c1cccc(C(F)(F)F)c1F. The van der Waals surface area contributed by atoms with Gasteiger partial charge in [-0.1, -0.05) is 6.07 Å². The summed E-state index contributed by atoms with van der Waals surface area (Å²) in [5, 5.41) is 2.22. The van der Waals surface area contributed by atoms with Crippen molar-refractivity contribution >= 4 is 11.8 Å². The van der Waals surface area contributed by atoms with Gasteiger partial charge in [-0.25, -0.2) is 4.39 Å². The molecule has 0 fully saturated rings. The number of benzene rings is 1. The predicted molar refractivity (Wildman–Crippen MR) is 62.2 cm³/mol. The van der Waals surface area contributed by atoms with Crippen molar-refractivity contribution in [3.05, 3.63) is 35.1 Å². The van der Waals surface area contributed by atoms with E-state index in [9.17, 15) is 27.2 Å². The van der Waals surface area contributed by atoms with Crippen molar-refractivity contribution in [2.75, 3.05) is 6.54 Å². The molecular formula is C12H12F4N2O2. The molecule has 3 N–H and O–H groups in total. The molecule has 0 radical (unpaired) electrons. The predicted octanol–water partition coefficient (Wildman–Crippen LogP) is 1.84. The molecule has 1 aromatic carbocycles. The van der Waals surface area contributed by atoms with Crippen LogP contribution in [0.1, 0.15) is 28.8 Å². The topological polar surface area (TPSA) is 72.2 Å². The van der Waals surface area contributed by atoms with Crippen molar-refractivity contribution in [2.24, 2.45) is 5.73 Å². The summed E-state index contributed by atoms with van der Waals surface area (Å²) in [6, 6.07) is 2.46. The fraction of sp³-hybridized carbons (Fsp3) is 0.333. The molecule has 0 saturated carbocycles. The van der Waals surface area contributed by atoms with E-state index in [0.29, 0.717) is 6.07 Å². The van der Waals surface area contributed by atoms with Gasteiger partial charge < -0.3 is 11.1 Å². The van der Waals surface area contributed by atoms with Crippen LogP contribution < -0.4 is 11.1 Å². The average Bonchev–Trinajstić information content (AvgIpc) is 2.33. The van der Waals surface area contributed by atoms with E-state index in [1.165, 1.54) is 0 Å². The van der Waals surface area contributed by atoms with E-state index in [1.807, 2.05) is 0 Å². The van der Waals surface area contributed by atoms with Gasteiger partial charge in [-0.15, -0.1) is 0 Å². The lowest BCUT2D eigenvalue weighted by Gasteiger charge is -2.11. The van der Waals surface area contributed by atoms with Gasteiger partial charge in [0.15, 0.2) is 0 Å². The summed E-state index contributed by atoms with van der Waals surface area (Å²) >= 11 is 0. The number of amides is 2. The summed E-state index contributed by atoms with van der Waals surface area (Å²) < 4.78 is 51.0. The molecule has 0 aromatic heterocycles. The van der Waals surface area contributed by atoms with Crippen LogP contribution in [0.4, 0.5) is 17.6 Å². The Morgan fingerprint density at radius 3 is 2.45 bits per heavy atom. The van der Waals surface area contributed by atoms with E-state index in [-0.39, 0.29) is 19.4 Å². The zero-order chi connectivity index (χ0) is 15.3. The first-order valence-corrected chi connectivity index (χ1v) is 5.65. The minimum Gasteiger partial charge on any atom is -0.370 e. The second-order valence-electron chi connectivity index (χ2n) is 3.99. The highest BCUT2D eigenvalue weighted by Gasteiger charge is 2.35. The van der Waals surface area contributed by atoms with Gasteiger partial charge in [0.2, 0.25) is 5.91 Å². The standard InChI is InChI=1S/C12H12F4N2O2/c13-10-7(3-1-4-8(10)12(14,15)16)11(20)18-6-2-5-9(17)19/h1,3-4H,2,5-6H2,(H2,17,19)(H,18,20). The molecule has 0 aliphatic carbocycles. The van der Waals surface area contributed by atoms with Crippen LogP contribution in [-0.4, -0.2) is 18.4 Å². The van der Waals surface area contributed by atoms with E-state index in [4.69, 9.17) is 5.73 Å². The first kappa shape index (κ1) is 15.9. The van der Waals surface area contributed by atoms with Gasteiger partial charge >= 0.3 is 6.18 Å². The lowest BCUT2D eigenvalue weighted by atomic mass is 10.1. The minimum atomic E-state index is -4.87. The van der Waals surface area contributed by atoms with Gasteiger partial charge in [0.25, 0.3) is 5.91 Å². The number of alkyl halides is 3. The number of hydrogen-bond donors (Lipinski definition) is 2. The third-order valence-electron chi connectivity index (χ3n) is 2.43. The summed E-state index contributed by atoms with van der Waals surface area (Å²) in [5.74, 6) is -3.16. The molecular weight excluding hydrogens is 280 g/mol. The van der Waals surface area contributed by atoms with Crippen LogP contribution in [0.3, 0.4) is 0 Å². The molecule has 0 spiro atoms. The molecule has 0 aliphatic heterocycles. The normalized spacial score (nSPS) is 11.2. The van der Waals surface area contributed by atoms with Crippen molar-refractivity contribution in [2.45, 2.75) is 19.0 Å². The largest absolute Gasteiger partial charge is 0.419 e. The first-order valence-electron chi connectivity index (χ1n) is 5.65. The Kier molecular flexibility index (Phi) is 5.06. The van der Waals surface area contributed by atoms with Crippen molar-refractivity contribution in [1.82, 2.24) is 5.32 Å². The lowest BCUT2D eigenvalue weighted by molar-refractivity contribution is -0.140. The Balaban J connectivity index is 2.76. The smallest absolute Gasteiger partial charge is 0.370 e. The van der Waals surface area contributed by atoms with Crippen molar-refractivity contribution in [3.63, 3.8) is 0 Å². The highest BCUT2D eigenvalue weighted by atomic mass is 19.4. The third kappa shape index (κ3) is 4.22. The Morgan fingerprint density at radius 2 is 1.90 bits per heavy atom. The first-order chi connectivity index (χ1) is 9.23. The number of nitrogens with two attached hydrogens (primary N) is 1. The van der Waals surface area contributed by atoms with Crippen molar-refractivity contribution in [1.29, 1.82) is 0 Å². The number of primary amides is 1. The molecule has 0 heterocycles. The molecule has 0 bridgehead atoms. The van der Waals surface area contributed by atoms with Gasteiger partial charge in [-0.05, 0) is 18.6 Å². The number of nitrogens with one attached hydrogen (secondary N) is 1. The number of hydrogen-bond acceptors (Lipinski definition) is 2. The number of halogens is 4. The summed E-state index contributed by atoms with van der Waals surface area (Å²) in [6.07, 6.45) is -4.63. The number of rotatable bonds is 5. The minimum absolute atomic E-state index is 0.0114. The molecule has 110 valence electrons. The fourth-order valence-corrected chi connectivity index (χ4v) is 1.49. The van der Waals surface area contributed by atoms with Crippen LogP contribution >= 0.6 is 0 Å². The van der Waals surface area contributed by atoms with E-state index < -0.39 is 34.9 Å². The van der Waals surface area contributed by atoms with Crippen LogP contribution in [0.15, 0.2) is 18.2 Å². The zero-order valence-corrected chi connectivity index (χ0v) is 10.3. The number of carbonyl (C=O) groups is 2. The molecule has 2 amide bonds. The summed E-state index contributed by atoms with van der Waals surface area (Å²) in [7, 11) is 0. The summed E-state index contributed by atoms with van der Waals surface area (Å²) in [6.45, 7) is 0.0114. The Morgan fingerprint density at radius 1 is 1.25 bits per heavy atom.